The average molecular weight is 385 g/mol. The van der Waals surface area contributed by atoms with Crippen LogP contribution in [-0.2, 0) is 0 Å². The van der Waals surface area contributed by atoms with Crippen molar-refractivity contribution in [1.29, 1.82) is 0 Å². The maximum absolute atomic E-state index is 6.44. The topological polar surface area (TPSA) is 36.4 Å². The fourth-order valence-corrected chi connectivity index (χ4v) is 0.105. The summed E-state index contributed by atoms with van der Waals surface area (Å²) in [4.78, 5) is 3.51. The van der Waals surface area contributed by atoms with Gasteiger partial charge in [-0.3, -0.25) is 0 Å². The predicted molar refractivity (Wildman–Crippen MR) is 75.2 cm³/mol. The van der Waals surface area contributed by atoms with Crippen molar-refractivity contribution in [2.24, 2.45) is 4.90 Å². The summed E-state index contributed by atoms with van der Waals surface area (Å²) in [5.41, 5.74) is 0. The van der Waals surface area contributed by atoms with Crippen LogP contribution in [0.4, 0.5) is 0 Å². The van der Waals surface area contributed by atoms with Crippen molar-refractivity contribution < 1.29 is 1.41 Å². The van der Waals surface area contributed by atoms with Crippen LogP contribution in [0, 0.1) is 0 Å². The fourth-order valence-electron chi connectivity index (χ4n) is 0.105. The molecule has 6 radical (unpaired) electrons. The van der Waals surface area contributed by atoms with E-state index < -0.39 is 0 Å². The molecular formula is C3H9B4I2N3. The van der Waals surface area contributed by atoms with Gasteiger partial charge in [0.05, 0.1) is 0 Å². The van der Waals surface area contributed by atoms with E-state index in [4.69, 9.17) is 25.1 Å². The van der Waals surface area contributed by atoms with Gasteiger partial charge in [0.1, 0.15) is 1.41 Å². The molecular weight excluding hydrogens is 375 g/mol. The van der Waals surface area contributed by atoms with Crippen LogP contribution >= 0.6 is 37.2 Å². The monoisotopic (exact) mass is 386 g/mol. The molecule has 3 nitrogen and oxygen atoms in total. The number of hydrogen-bond donors (Lipinski definition) is 2. The Bertz CT molecular complexity index is 98.7. The van der Waals surface area contributed by atoms with E-state index in [1.807, 2.05) is 6.92 Å². The second-order valence-corrected chi connectivity index (χ2v) is 1.19. The maximum atomic E-state index is 6.44. The molecule has 0 aromatic heterocycles. The second kappa shape index (κ2) is 29.4. The molecule has 0 amide bonds. The van der Waals surface area contributed by atoms with Gasteiger partial charge in [-0.25, -0.2) is 0 Å². The Hall–Kier alpha value is 1.44. The van der Waals surface area contributed by atoms with Crippen molar-refractivity contribution in [3.05, 3.63) is 0 Å². The Morgan fingerprint density at radius 3 is 2.08 bits per heavy atom. The van der Waals surface area contributed by atoms with Gasteiger partial charge in [-0.05, 0) is 6.54 Å². The third-order valence-corrected chi connectivity index (χ3v) is 0.471. The molecule has 0 fully saturated rings. The Balaban J connectivity index is -0.000000131. The van der Waals surface area contributed by atoms with Gasteiger partial charge in [0.25, 0.3) is 0 Å². The van der Waals surface area contributed by atoms with Crippen molar-refractivity contribution in [3.63, 3.8) is 0 Å². The van der Waals surface area contributed by atoms with Gasteiger partial charge in [-0.15, -0.1) is 0 Å². The zero-order chi connectivity index (χ0) is 11.1. The summed E-state index contributed by atoms with van der Waals surface area (Å²) in [6, 6.07) is 0. The van der Waals surface area contributed by atoms with E-state index in [-0.39, 0.29) is 0 Å². The van der Waals surface area contributed by atoms with Crippen LogP contribution in [0.1, 0.15) is 6.92 Å². The van der Waals surface area contributed by atoms with Crippen LogP contribution < -0.4 is 10.4 Å². The van der Waals surface area contributed by atoms with Gasteiger partial charge < -0.3 is 5.22 Å². The molecule has 0 atom stereocenters. The molecule has 12 heavy (non-hydrogen) atoms. The number of hydrogen-bond acceptors (Lipinski definition) is 3. The SMILES string of the molecule is II.[2H]N([B])CC.[B]B=NCN[B]. The number of nitrogens with one attached hydrogen (secondary N) is 2. The zero-order valence-electron chi connectivity index (χ0n) is 7.87. The van der Waals surface area contributed by atoms with Gasteiger partial charge in [-0.1, -0.05) is 6.92 Å². The van der Waals surface area contributed by atoms with Crippen LogP contribution in [0.3, 0.4) is 0 Å². The summed E-state index contributed by atoms with van der Waals surface area (Å²) in [6.07, 6.45) is 0. The quantitative estimate of drug-likeness (QED) is 0.532. The van der Waals surface area contributed by atoms with Gasteiger partial charge in [0, 0.05) is 37.2 Å². The molecule has 0 aromatic carbocycles. The van der Waals surface area contributed by atoms with E-state index in [9.17, 15) is 0 Å². The first kappa shape index (κ1) is 15.9. The summed E-state index contributed by atoms with van der Waals surface area (Å²) in [6.45, 7) is 3.98. The minimum absolute atomic E-state index is 0.385. The first-order chi connectivity index (χ1) is 6.18. The molecule has 0 rings (SSSR count). The van der Waals surface area contributed by atoms with E-state index in [2.05, 4.69) is 47.4 Å². The van der Waals surface area contributed by atoms with Crippen molar-refractivity contribution >= 4 is 67.9 Å². The molecule has 0 heterocycles. The molecule has 62 valence electrons. The van der Waals surface area contributed by atoms with Gasteiger partial charge >= 0.3 is 39.5 Å². The fraction of sp³-hybridized carbons (Fsp3) is 1.00. The predicted octanol–water partition coefficient (Wildman–Crippen LogP) is 0.0391. The molecule has 0 bridgehead atoms. The van der Waals surface area contributed by atoms with Crippen LogP contribution in [0.2, 0.25) is 1.41 Å². The Morgan fingerprint density at radius 2 is 2.00 bits per heavy atom. The summed E-state index contributed by atoms with van der Waals surface area (Å²) in [5, 5.41) is 3.17. The van der Waals surface area contributed by atoms with Crippen LogP contribution in [0.25, 0.3) is 0 Å². The summed E-state index contributed by atoms with van der Waals surface area (Å²) in [7, 11) is 14.4. The number of rotatable bonds is 3. The minimum atomic E-state index is 0.385. The van der Waals surface area contributed by atoms with E-state index in [1.165, 1.54) is 6.96 Å². The molecule has 0 unspecified atom stereocenters. The molecule has 0 aliphatic carbocycles. The molecule has 2 N–H and O–H groups in total. The first-order valence-corrected chi connectivity index (χ1v) is 9.26. The van der Waals surface area contributed by atoms with E-state index in [1.54, 1.807) is 0 Å². The van der Waals surface area contributed by atoms with Gasteiger partial charge in [0.2, 0.25) is 0 Å². The molecule has 9 heteroatoms. The van der Waals surface area contributed by atoms with Crippen LogP contribution in [0.15, 0.2) is 4.90 Å². The summed E-state index contributed by atoms with van der Waals surface area (Å²) >= 11 is 4.24. The molecule has 0 saturated heterocycles. The summed E-state index contributed by atoms with van der Waals surface area (Å²) in [5.74, 6) is 0. The molecule has 0 saturated carbocycles. The third-order valence-electron chi connectivity index (χ3n) is 0.471. The third kappa shape index (κ3) is 42.1. The molecule has 0 aliphatic rings. The van der Waals surface area contributed by atoms with E-state index in [0.29, 0.717) is 13.2 Å². The first-order valence-electron chi connectivity index (χ1n) is 3.42. The van der Waals surface area contributed by atoms with E-state index in [0.717, 1.165) is 5.22 Å². The van der Waals surface area contributed by atoms with Crippen molar-refractivity contribution in [1.82, 2.24) is 10.4 Å². The number of nitrogens with zero attached hydrogens (tertiary/aromatic N) is 1. The second-order valence-electron chi connectivity index (χ2n) is 1.19. The Morgan fingerprint density at radius 1 is 1.58 bits per heavy atom. The van der Waals surface area contributed by atoms with Gasteiger partial charge in [-0.2, -0.15) is 0 Å². The molecule has 0 aliphatic heterocycles. The standard InChI is InChI=1S/C2H6BN.CH3B3N2.I2/c1-2-4-3;2-4-6-1-5-3;1-2/h4H,2H2,1H3;5H,1H2;/i4D;;. The van der Waals surface area contributed by atoms with Crippen LogP contribution in [0.5, 0.6) is 0 Å². The summed E-state index contributed by atoms with van der Waals surface area (Å²) < 4.78 is 6.44. The van der Waals surface area contributed by atoms with Crippen molar-refractivity contribution in [2.45, 2.75) is 6.92 Å². The molecule has 0 spiro atoms. The number of halogens is 2. The van der Waals surface area contributed by atoms with Crippen molar-refractivity contribution in [3.8, 4) is 0 Å². The Labute approximate surface area is 104 Å². The van der Waals surface area contributed by atoms with Crippen molar-refractivity contribution in [2.75, 3.05) is 13.2 Å². The average Bonchev–Trinajstić information content (AvgIpc) is 2.18. The normalized spacial score (nSPS) is 8.83. The van der Waals surface area contributed by atoms with Gasteiger partial charge in [0.15, 0.2) is 7.98 Å². The van der Waals surface area contributed by atoms with E-state index >= 15 is 0 Å². The molecule has 0 aromatic rings. The van der Waals surface area contributed by atoms with Crippen LogP contribution in [-0.4, -0.2) is 43.9 Å². The Kier molecular flexibility index (Phi) is 39.0. The zero-order valence-corrected chi connectivity index (χ0v) is 11.2.